The molecule has 0 aromatic heterocycles. The number of hydrogen-bond acceptors (Lipinski definition) is 2. The number of unbranched alkanes of at least 4 members (excludes halogenated alkanes) is 1. The maximum atomic E-state index is 12.4. The topological polar surface area (TPSA) is 38.3 Å². The van der Waals surface area contributed by atoms with E-state index in [9.17, 15) is 4.79 Å². The molecule has 0 saturated carbocycles. The van der Waals surface area contributed by atoms with Gasteiger partial charge in [-0.05, 0) is 49.3 Å². The Labute approximate surface area is 148 Å². The molecule has 0 spiro atoms. The standard InChI is InChI=1S/C21H35NO2/c1-7-9-10-18(8-2)14-22-21(23)17(6)24-20-13-16(5)11-12-19(20)15(3)4/h11-13,15,17-18H,7-10,14H2,1-6H3,(H,22,23)/t17-,18-/m0/s1. The van der Waals surface area contributed by atoms with Crippen LogP contribution in [0.4, 0.5) is 0 Å². The van der Waals surface area contributed by atoms with Gasteiger partial charge in [0, 0.05) is 6.54 Å². The van der Waals surface area contributed by atoms with Crippen LogP contribution in [0.5, 0.6) is 5.75 Å². The summed E-state index contributed by atoms with van der Waals surface area (Å²) in [6.07, 6.45) is 4.23. The van der Waals surface area contributed by atoms with Gasteiger partial charge < -0.3 is 10.1 Å². The van der Waals surface area contributed by atoms with Crippen LogP contribution < -0.4 is 10.1 Å². The highest BCUT2D eigenvalue weighted by atomic mass is 16.5. The van der Waals surface area contributed by atoms with E-state index >= 15 is 0 Å². The Hall–Kier alpha value is -1.51. The van der Waals surface area contributed by atoms with E-state index < -0.39 is 6.10 Å². The first-order valence-corrected chi connectivity index (χ1v) is 9.43. The van der Waals surface area contributed by atoms with E-state index in [2.05, 4.69) is 45.1 Å². The zero-order valence-corrected chi connectivity index (χ0v) is 16.3. The van der Waals surface area contributed by atoms with Crippen molar-refractivity contribution >= 4 is 5.91 Å². The highest BCUT2D eigenvalue weighted by Crippen LogP contribution is 2.28. The van der Waals surface area contributed by atoms with Crippen LogP contribution in [0.15, 0.2) is 18.2 Å². The first-order chi connectivity index (χ1) is 11.4. The molecule has 0 aliphatic rings. The molecule has 3 heteroatoms. The fourth-order valence-electron chi connectivity index (χ4n) is 2.80. The van der Waals surface area contributed by atoms with Crippen molar-refractivity contribution in [1.29, 1.82) is 0 Å². The Morgan fingerprint density at radius 3 is 2.50 bits per heavy atom. The predicted octanol–water partition coefficient (Wildman–Crippen LogP) is 5.22. The predicted molar refractivity (Wildman–Crippen MR) is 102 cm³/mol. The van der Waals surface area contributed by atoms with Crippen molar-refractivity contribution in [3.8, 4) is 5.75 Å². The fourth-order valence-corrected chi connectivity index (χ4v) is 2.80. The van der Waals surface area contributed by atoms with Crippen molar-refractivity contribution in [2.24, 2.45) is 5.92 Å². The molecule has 1 aromatic rings. The van der Waals surface area contributed by atoms with E-state index in [1.54, 1.807) is 0 Å². The van der Waals surface area contributed by atoms with E-state index in [1.807, 2.05) is 19.9 Å². The number of aryl methyl sites for hydroxylation is 1. The highest BCUT2D eigenvalue weighted by molar-refractivity contribution is 5.80. The minimum Gasteiger partial charge on any atom is -0.481 e. The van der Waals surface area contributed by atoms with Gasteiger partial charge in [-0.15, -0.1) is 0 Å². The van der Waals surface area contributed by atoms with Gasteiger partial charge in [0.15, 0.2) is 6.10 Å². The van der Waals surface area contributed by atoms with Crippen LogP contribution in [0.3, 0.4) is 0 Å². The van der Waals surface area contributed by atoms with Gasteiger partial charge in [0.25, 0.3) is 5.91 Å². The van der Waals surface area contributed by atoms with E-state index in [0.717, 1.165) is 29.8 Å². The number of hydrogen-bond donors (Lipinski definition) is 1. The number of benzene rings is 1. The molecule has 24 heavy (non-hydrogen) atoms. The Kier molecular flexibility index (Phi) is 8.88. The number of rotatable bonds is 10. The Bertz CT molecular complexity index is 511. The number of carbonyl (C=O) groups is 1. The van der Waals surface area contributed by atoms with Crippen molar-refractivity contribution in [2.75, 3.05) is 6.54 Å². The number of nitrogens with one attached hydrogen (secondary N) is 1. The van der Waals surface area contributed by atoms with Crippen molar-refractivity contribution in [3.63, 3.8) is 0 Å². The molecule has 1 N–H and O–H groups in total. The Morgan fingerprint density at radius 2 is 1.92 bits per heavy atom. The van der Waals surface area contributed by atoms with Gasteiger partial charge in [-0.25, -0.2) is 0 Å². The summed E-state index contributed by atoms with van der Waals surface area (Å²) >= 11 is 0. The lowest BCUT2D eigenvalue weighted by atomic mass is 9.99. The minimum atomic E-state index is -0.479. The fraction of sp³-hybridized carbons (Fsp3) is 0.667. The van der Waals surface area contributed by atoms with Gasteiger partial charge in [-0.3, -0.25) is 4.79 Å². The Morgan fingerprint density at radius 1 is 1.21 bits per heavy atom. The normalized spacial score (nSPS) is 13.6. The first-order valence-electron chi connectivity index (χ1n) is 9.43. The average molecular weight is 334 g/mol. The second kappa shape index (κ2) is 10.4. The molecule has 1 rings (SSSR count). The lowest BCUT2D eigenvalue weighted by molar-refractivity contribution is -0.127. The van der Waals surface area contributed by atoms with Gasteiger partial charge in [0.05, 0.1) is 0 Å². The molecular formula is C21H35NO2. The highest BCUT2D eigenvalue weighted by Gasteiger charge is 2.18. The largest absolute Gasteiger partial charge is 0.481 e. The van der Waals surface area contributed by atoms with Gasteiger partial charge >= 0.3 is 0 Å². The van der Waals surface area contributed by atoms with Crippen LogP contribution in [0.1, 0.15) is 77.3 Å². The van der Waals surface area contributed by atoms with Crippen LogP contribution >= 0.6 is 0 Å². The van der Waals surface area contributed by atoms with E-state index in [-0.39, 0.29) is 5.91 Å². The monoisotopic (exact) mass is 333 g/mol. The molecule has 0 aliphatic heterocycles. The van der Waals surface area contributed by atoms with E-state index in [4.69, 9.17) is 4.74 Å². The minimum absolute atomic E-state index is 0.0267. The van der Waals surface area contributed by atoms with Gasteiger partial charge in [0.1, 0.15) is 5.75 Å². The third kappa shape index (κ3) is 6.54. The lowest BCUT2D eigenvalue weighted by Gasteiger charge is -2.21. The zero-order valence-electron chi connectivity index (χ0n) is 16.3. The lowest BCUT2D eigenvalue weighted by Crippen LogP contribution is -2.39. The molecule has 0 aliphatic carbocycles. The summed E-state index contributed by atoms with van der Waals surface area (Å²) in [5.41, 5.74) is 2.29. The summed E-state index contributed by atoms with van der Waals surface area (Å²) in [7, 11) is 0. The van der Waals surface area contributed by atoms with Gasteiger partial charge in [0.2, 0.25) is 0 Å². The molecule has 0 saturated heterocycles. The number of carbonyl (C=O) groups excluding carboxylic acids is 1. The first kappa shape index (κ1) is 20.5. The summed E-state index contributed by atoms with van der Waals surface area (Å²) in [6, 6.07) is 6.21. The second-order valence-electron chi connectivity index (χ2n) is 7.12. The summed E-state index contributed by atoms with van der Waals surface area (Å²) in [5.74, 6) is 1.73. The molecule has 1 aromatic carbocycles. The SMILES string of the molecule is CCCC[C@H](CC)CNC(=O)[C@H](C)Oc1cc(C)ccc1C(C)C. The van der Waals surface area contributed by atoms with Crippen molar-refractivity contribution in [2.45, 2.75) is 79.2 Å². The molecule has 0 fully saturated rings. The second-order valence-corrected chi connectivity index (χ2v) is 7.12. The summed E-state index contributed by atoms with van der Waals surface area (Å²) < 4.78 is 5.98. The maximum Gasteiger partial charge on any atom is 0.260 e. The van der Waals surface area contributed by atoms with E-state index in [0.29, 0.717) is 11.8 Å². The third-order valence-electron chi connectivity index (χ3n) is 4.57. The van der Waals surface area contributed by atoms with Gasteiger partial charge in [-0.2, -0.15) is 0 Å². The summed E-state index contributed by atoms with van der Waals surface area (Å²) in [4.78, 5) is 12.4. The van der Waals surface area contributed by atoms with Crippen molar-refractivity contribution in [1.82, 2.24) is 5.32 Å². The van der Waals surface area contributed by atoms with Crippen LogP contribution in [0, 0.1) is 12.8 Å². The quantitative estimate of drug-likeness (QED) is 0.637. The number of amides is 1. The number of ether oxygens (including phenoxy) is 1. The van der Waals surface area contributed by atoms with Crippen LogP contribution in [-0.4, -0.2) is 18.6 Å². The van der Waals surface area contributed by atoms with Crippen LogP contribution in [0.2, 0.25) is 0 Å². The molecule has 1 amide bonds. The molecule has 2 atom stereocenters. The smallest absolute Gasteiger partial charge is 0.260 e. The van der Waals surface area contributed by atoms with Crippen LogP contribution in [0.25, 0.3) is 0 Å². The van der Waals surface area contributed by atoms with E-state index in [1.165, 1.54) is 19.3 Å². The summed E-state index contributed by atoms with van der Waals surface area (Å²) in [5, 5.41) is 3.06. The van der Waals surface area contributed by atoms with Crippen molar-refractivity contribution in [3.05, 3.63) is 29.3 Å². The molecule has 0 bridgehead atoms. The summed E-state index contributed by atoms with van der Waals surface area (Å²) in [6.45, 7) is 13.3. The van der Waals surface area contributed by atoms with Crippen molar-refractivity contribution < 1.29 is 9.53 Å². The Balaban J connectivity index is 2.62. The maximum absolute atomic E-state index is 12.4. The van der Waals surface area contributed by atoms with Gasteiger partial charge in [-0.1, -0.05) is 59.1 Å². The molecule has 0 unspecified atom stereocenters. The molecule has 0 heterocycles. The van der Waals surface area contributed by atoms with Crippen LogP contribution in [-0.2, 0) is 4.79 Å². The molecule has 3 nitrogen and oxygen atoms in total. The molecular weight excluding hydrogens is 298 g/mol. The third-order valence-corrected chi connectivity index (χ3v) is 4.57. The molecule has 0 radical (unpaired) electrons. The zero-order chi connectivity index (χ0) is 18.1. The average Bonchev–Trinajstić information content (AvgIpc) is 2.54. The molecule has 136 valence electrons.